The van der Waals surface area contributed by atoms with Gasteiger partial charge in [-0.15, -0.1) is 0 Å². The molecule has 1 N–H and O–H groups in total. The van der Waals surface area contributed by atoms with Gasteiger partial charge in [0.05, 0.1) is 10.7 Å². The van der Waals surface area contributed by atoms with Crippen molar-refractivity contribution in [3.63, 3.8) is 0 Å². The van der Waals surface area contributed by atoms with Crippen molar-refractivity contribution >= 4 is 49.7 Å². The largest absolute Gasteiger partial charge is 0.279 e. The molecule has 3 rings (SSSR count). The van der Waals surface area contributed by atoms with Crippen LogP contribution in [0.25, 0.3) is 10.8 Å². The third-order valence-corrected chi connectivity index (χ3v) is 5.30. The standard InChI is InChI=1S/C16H11Cl2NO2S/c17-12-8-9-16(14(18)10-12)22(20,21)19-15-7-3-5-11-4-1-2-6-13(11)15/h1-10,19H. The SMILES string of the molecule is O=S(=O)(Nc1cccc2ccccc12)c1ccc(Cl)cc1Cl. The van der Waals surface area contributed by atoms with Crippen molar-refractivity contribution in [2.75, 3.05) is 4.72 Å². The molecule has 3 nitrogen and oxygen atoms in total. The van der Waals surface area contributed by atoms with Gasteiger partial charge in [0.25, 0.3) is 10.0 Å². The van der Waals surface area contributed by atoms with Crippen LogP contribution in [0.4, 0.5) is 5.69 Å². The summed E-state index contributed by atoms with van der Waals surface area (Å²) in [5.74, 6) is 0. The van der Waals surface area contributed by atoms with Crippen LogP contribution < -0.4 is 4.72 Å². The molecule has 0 saturated heterocycles. The molecule has 0 amide bonds. The second kappa shape index (κ2) is 5.80. The summed E-state index contributed by atoms with van der Waals surface area (Å²) in [7, 11) is -3.79. The van der Waals surface area contributed by atoms with E-state index in [2.05, 4.69) is 4.72 Å². The summed E-state index contributed by atoms with van der Waals surface area (Å²) in [5, 5.41) is 2.23. The molecular formula is C16H11Cl2NO2S. The molecule has 0 aromatic heterocycles. The first-order valence-electron chi connectivity index (χ1n) is 6.43. The lowest BCUT2D eigenvalue weighted by Crippen LogP contribution is -2.13. The number of hydrogen-bond acceptors (Lipinski definition) is 2. The van der Waals surface area contributed by atoms with E-state index in [1.807, 2.05) is 30.3 Å². The molecule has 0 aliphatic carbocycles. The van der Waals surface area contributed by atoms with Gasteiger partial charge in [-0.05, 0) is 29.7 Å². The molecule has 6 heteroatoms. The highest BCUT2D eigenvalue weighted by Crippen LogP contribution is 2.29. The first-order chi connectivity index (χ1) is 10.5. The smallest absolute Gasteiger partial charge is 0.263 e. The van der Waals surface area contributed by atoms with Gasteiger partial charge in [-0.3, -0.25) is 4.72 Å². The minimum Gasteiger partial charge on any atom is -0.279 e. The maximum atomic E-state index is 12.5. The average Bonchev–Trinajstić information content (AvgIpc) is 2.47. The molecule has 0 aliphatic rings. The van der Waals surface area contributed by atoms with E-state index >= 15 is 0 Å². The third-order valence-electron chi connectivity index (χ3n) is 3.22. The fourth-order valence-electron chi connectivity index (χ4n) is 2.21. The molecule has 0 aliphatic heterocycles. The average molecular weight is 352 g/mol. The van der Waals surface area contributed by atoms with Gasteiger partial charge in [0.1, 0.15) is 4.90 Å². The highest BCUT2D eigenvalue weighted by Gasteiger charge is 2.19. The number of hydrogen-bond donors (Lipinski definition) is 1. The Kier molecular flexibility index (Phi) is 4.00. The molecule has 22 heavy (non-hydrogen) atoms. The summed E-state index contributed by atoms with van der Waals surface area (Å²) in [6.07, 6.45) is 0. The molecule has 0 unspecified atom stereocenters. The van der Waals surface area contributed by atoms with Crippen molar-refractivity contribution in [3.05, 3.63) is 70.7 Å². The van der Waals surface area contributed by atoms with Crippen LogP contribution in [-0.2, 0) is 10.0 Å². The van der Waals surface area contributed by atoms with Crippen LogP contribution in [0.5, 0.6) is 0 Å². The third kappa shape index (κ3) is 2.90. The Labute approximate surface area is 138 Å². The highest BCUT2D eigenvalue weighted by atomic mass is 35.5. The maximum absolute atomic E-state index is 12.5. The van der Waals surface area contributed by atoms with Gasteiger partial charge in [-0.2, -0.15) is 0 Å². The number of halogens is 2. The number of benzene rings is 3. The van der Waals surface area contributed by atoms with E-state index < -0.39 is 10.0 Å². The Morgan fingerprint density at radius 3 is 2.36 bits per heavy atom. The molecule has 0 fully saturated rings. The zero-order chi connectivity index (χ0) is 15.7. The first-order valence-corrected chi connectivity index (χ1v) is 8.67. The van der Waals surface area contributed by atoms with Crippen molar-refractivity contribution in [1.29, 1.82) is 0 Å². The van der Waals surface area contributed by atoms with Gasteiger partial charge in [0.2, 0.25) is 0 Å². The van der Waals surface area contributed by atoms with Crippen molar-refractivity contribution in [2.24, 2.45) is 0 Å². The van der Waals surface area contributed by atoms with Crippen LogP contribution >= 0.6 is 23.2 Å². The number of fused-ring (bicyclic) bond motifs is 1. The van der Waals surface area contributed by atoms with Crippen LogP contribution in [-0.4, -0.2) is 8.42 Å². The summed E-state index contributed by atoms with van der Waals surface area (Å²) in [4.78, 5) is -0.00787. The predicted molar refractivity (Wildman–Crippen MR) is 91.2 cm³/mol. The number of nitrogens with one attached hydrogen (secondary N) is 1. The number of anilines is 1. The summed E-state index contributed by atoms with van der Waals surface area (Å²) < 4.78 is 27.7. The van der Waals surface area contributed by atoms with Crippen LogP contribution in [0, 0.1) is 0 Å². The topological polar surface area (TPSA) is 46.2 Å². The minimum atomic E-state index is -3.79. The normalized spacial score (nSPS) is 11.5. The molecule has 0 saturated carbocycles. The Morgan fingerprint density at radius 2 is 1.59 bits per heavy atom. The summed E-state index contributed by atoms with van der Waals surface area (Å²) in [6, 6.07) is 17.2. The Hall–Kier alpha value is -1.75. The second-order valence-corrected chi connectivity index (χ2v) is 7.20. The lowest BCUT2D eigenvalue weighted by molar-refractivity contribution is 0.601. The predicted octanol–water partition coefficient (Wildman–Crippen LogP) is 4.95. The lowest BCUT2D eigenvalue weighted by Gasteiger charge is -2.12. The fourth-order valence-corrected chi connectivity index (χ4v) is 4.06. The van der Waals surface area contributed by atoms with E-state index in [4.69, 9.17) is 23.2 Å². The van der Waals surface area contributed by atoms with E-state index in [-0.39, 0.29) is 9.92 Å². The van der Waals surface area contributed by atoms with Gasteiger partial charge in [0, 0.05) is 10.4 Å². The lowest BCUT2D eigenvalue weighted by atomic mass is 10.1. The second-order valence-electron chi connectivity index (χ2n) is 4.71. The Bertz CT molecular complexity index is 950. The summed E-state index contributed by atoms with van der Waals surface area (Å²) >= 11 is 11.8. The molecule has 3 aromatic carbocycles. The zero-order valence-electron chi connectivity index (χ0n) is 11.3. The van der Waals surface area contributed by atoms with Crippen LogP contribution in [0.3, 0.4) is 0 Å². The van der Waals surface area contributed by atoms with Crippen molar-refractivity contribution in [2.45, 2.75) is 4.90 Å². The molecule has 0 spiro atoms. The molecular weight excluding hydrogens is 341 g/mol. The Morgan fingerprint density at radius 1 is 0.864 bits per heavy atom. The zero-order valence-corrected chi connectivity index (χ0v) is 13.6. The van der Waals surface area contributed by atoms with Crippen molar-refractivity contribution in [1.82, 2.24) is 0 Å². The number of sulfonamides is 1. The summed E-state index contributed by atoms with van der Waals surface area (Å²) in [5.41, 5.74) is 0.504. The molecule has 0 heterocycles. The van der Waals surface area contributed by atoms with E-state index in [1.165, 1.54) is 18.2 Å². The van der Waals surface area contributed by atoms with Gasteiger partial charge in [0.15, 0.2) is 0 Å². The number of rotatable bonds is 3. The monoisotopic (exact) mass is 351 g/mol. The van der Waals surface area contributed by atoms with Crippen LogP contribution in [0.15, 0.2) is 65.6 Å². The van der Waals surface area contributed by atoms with Gasteiger partial charge >= 0.3 is 0 Å². The van der Waals surface area contributed by atoms with Gasteiger partial charge in [-0.25, -0.2) is 8.42 Å². The van der Waals surface area contributed by atoms with E-state index in [1.54, 1.807) is 12.1 Å². The van der Waals surface area contributed by atoms with E-state index in [0.717, 1.165) is 10.8 Å². The van der Waals surface area contributed by atoms with Crippen LogP contribution in [0.2, 0.25) is 10.0 Å². The summed E-state index contributed by atoms with van der Waals surface area (Å²) in [6.45, 7) is 0. The maximum Gasteiger partial charge on any atom is 0.263 e. The molecule has 0 bridgehead atoms. The van der Waals surface area contributed by atoms with Crippen LogP contribution in [0.1, 0.15) is 0 Å². The molecule has 112 valence electrons. The highest BCUT2D eigenvalue weighted by molar-refractivity contribution is 7.92. The van der Waals surface area contributed by atoms with E-state index in [0.29, 0.717) is 10.7 Å². The molecule has 3 aromatic rings. The fraction of sp³-hybridized carbons (Fsp3) is 0. The minimum absolute atomic E-state index is 0.00787. The molecule has 0 radical (unpaired) electrons. The van der Waals surface area contributed by atoms with Gasteiger partial charge in [-0.1, -0.05) is 59.6 Å². The quantitative estimate of drug-likeness (QED) is 0.725. The Balaban J connectivity index is 2.07. The van der Waals surface area contributed by atoms with E-state index in [9.17, 15) is 8.42 Å². The van der Waals surface area contributed by atoms with Gasteiger partial charge < -0.3 is 0 Å². The molecule has 0 atom stereocenters. The van der Waals surface area contributed by atoms with Crippen molar-refractivity contribution < 1.29 is 8.42 Å². The van der Waals surface area contributed by atoms with Crippen molar-refractivity contribution in [3.8, 4) is 0 Å². The first kappa shape index (κ1) is 15.2.